The standard InChI is InChI=1S/C12H13IN2O3S/c13-8-3-1-2-4-9(8)14-12(18)15-5-6-19-7-10(15)11(16)17/h1-4,10H,5-7H2,(H,14,18)(H,16,17). The van der Waals surface area contributed by atoms with E-state index >= 15 is 0 Å². The second-order valence-corrected chi connectivity index (χ2v) is 6.34. The second-order valence-electron chi connectivity index (χ2n) is 4.03. The molecule has 1 aromatic carbocycles. The van der Waals surface area contributed by atoms with Crippen molar-refractivity contribution in [2.75, 3.05) is 23.4 Å². The van der Waals surface area contributed by atoms with E-state index in [1.165, 1.54) is 4.90 Å². The Labute approximate surface area is 128 Å². The third-order valence-electron chi connectivity index (χ3n) is 2.79. The topological polar surface area (TPSA) is 69.6 Å². The number of aliphatic carboxylic acids is 1. The summed E-state index contributed by atoms with van der Waals surface area (Å²) in [6.07, 6.45) is 0. The lowest BCUT2D eigenvalue weighted by atomic mass is 10.3. The molecule has 0 bridgehead atoms. The molecule has 1 heterocycles. The summed E-state index contributed by atoms with van der Waals surface area (Å²) in [6.45, 7) is 0.455. The van der Waals surface area contributed by atoms with Crippen molar-refractivity contribution in [2.24, 2.45) is 0 Å². The Morgan fingerprint density at radius 3 is 2.84 bits per heavy atom. The average Bonchev–Trinajstić information content (AvgIpc) is 2.41. The third kappa shape index (κ3) is 3.53. The molecule has 1 saturated heterocycles. The van der Waals surface area contributed by atoms with Crippen molar-refractivity contribution in [3.63, 3.8) is 0 Å². The van der Waals surface area contributed by atoms with Gasteiger partial charge in [0.25, 0.3) is 0 Å². The van der Waals surface area contributed by atoms with E-state index in [1.54, 1.807) is 17.8 Å². The van der Waals surface area contributed by atoms with Crippen molar-refractivity contribution < 1.29 is 14.7 Å². The van der Waals surface area contributed by atoms with Gasteiger partial charge in [0.2, 0.25) is 0 Å². The molecule has 19 heavy (non-hydrogen) atoms. The molecule has 1 aromatic rings. The monoisotopic (exact) mass is 392 g/mol. The molecule has 1 aliphatic heterocycles. The Morgan fingerprint density at radius 1 is 1.42 bits per heavy atom. The Bertz CT molecular complexity index is 498. The summed E-state index contributed by atoms with van der Waals surface area (Å²) in [6, 6.07) is 6.30. The number of carboxylic acids is 1. The van der Waals surface area contributed by atoms with Crippen molar-refractivity contribution in [1.82, 2.24) is 4.90 Å². The van der Waals surface area contributed by atoms with E-state index in [4.69, 9.17) is 5.11 Å². The average molecular weight is 392 g/mol. The van der Waals surface area contributed by atoms with Crippen LogP contribution < -0.4 is 5.32 Å². The summed E-state index contributed by atoms with van der Waals surface area (Å²) in [5.74, 6) is 0.252. The Hall–Kier alpha value is -0.960. The van der Waals surface area contributed by atoms with Crippen molar-refractivity contribution in [3.05, 3.63) is 27.8 Å². The van der Waals surface area contributed by atoms with E-state index < -0.39 is 12.0 Å². The highest BCUT2D eigenvalue weighted by Gasteiger charge is 2.32. The van der Waals surface area contributed by atoms with Crippen LogP contribution in [0.3, 0.4) is 0 Å². The van der Waals surface area contributed by atoms with Gasteiger partial charge in [-0.1, -0.05) is 12.1 Å². The van der Waals surface area contributed by atoms with Gasteiger partial charge in [0.1, 0.15) is 6.04 Å². The predicted octanol–water partition coefficient (Wildman–Crippen LogP) is 2.33. The van der Waals surface area contributed by atoms with E-state index in [-0.39, 0.29) is 6.03 Å². The number of anilines is 1. The van der Waals surface area contributed by atoms with Gasteiger partial charge in [0.15, 0.2) is 0 Å². The molecule has 0 aromatic heterocycles. The largest absolute Gasteiger partial charge is 0.480 e. The number of carbonyl (C=O) groups excluding carboxylic acids is 1. The molecule has 1 fully saturated rings. The molecule has 0 spiro atoms. The van der Waals surface area contributed by atoms with E-state index in [0.29, 0.717) is 18.0 Å². The Kier molecular flexibility index (Phi) is 4.92. The fourth-order valence-electron chi connectivity index (χ4n) is 1.80. The minimum Gasteiger partial charge on any atom is -0.480 e. The molecule has 0 aliphatic carbocycles. The fourth-order valence-corrected chi connectivity index (χ4v) is 3.36. The quantitative estimate of drug-likeness (QED) is 0.759. The number of nitrogens with one attached hydrogen (secondary N) is 1. The summed E-state index contributed by atoms with van der Waals surface area (Å²) in [7, 11) is 0. The van der Waals surface area contributed by atoms with Gasteiger partial charge in [-0.15, -0.1) is 0 Å². The van der Waals surface area contributed by atoms with E-state index in [0.717, 1.165) is 9.32 Å². The van der Waals surface area contributed by atoms with Crippen molar-refractivity contribution in [3.8, 4) is 0 Å². The molecule has 2 rings (SSSR count). The summed E-state index contributed by atoms with van der Waals surface area (Å²) < 4.78 is 0.923. The molecule has 2 amide bonds. The summed E-state index contributed by atoms with van der Waals surface area (Å²) >= 11 is 3.69. The molecule has 2 N–H and O–H groups in total. The van der Waals surface area contributed by atoms with Gasteiger partial charge in [0.05, 0.1) is 5.69 Å². The molecular weight excluding hydrogens is 379 g/mol. The lowest BCUT2D eigenvalue weighted by Gasteiger charge is -2.32. The summed E-state index contributed by atoms with van der Waals surface area (Å²) in [5.41, 5.74) is 0.704. The van der Waals surface area contributed by atoms with Crippen molar-refractivity contribution >= 4 is 52.0 Å². The number of carboxylic acid groups (broad SMARTS) is 1. The second kappa shape index (κ2) is 6.47. The van der Waals surface area contributed by atoms with Crippen LogP contribution in [0.1, 0.15) is 0 Å². The number of benzene rings is 1. The van der Waals surface area contributed by atoms with Crippen molar-refractivity contribution in [2.45, 2.75) is 6.04 Å². The van der Waals surface area contributed by atoms with Gasteiger partial charge in [-0.3, -0.25) is 0 Å². The highest BCUT2D eigenvalue weighted by molar-refractivity contribution is 14.1. The van der Waals surface area contributed by atoms with Crippen LogP contribution in [0.25, 0.3) is 0 Å². The molecule has 0 radical (unpaired) electrons. The minimum absolute atomic E-state index is 0.350. The Morgan fingerprint density at radius 2 is 2.16 bits per heavy atom. The normalized spacial score (nSPS) is 19.0. The van der Waals surface area contributed by atoms with Gasteiger partial charge in [0, 0.05) is 21.6 Å². The zero-order chi connectivity index (χ0) is 13.8. The maximum atomic E-state index is 12.2. The van der Waals surface area contributed by atoms with E-state index in [1.807, 2.05) is 18.2 Å². The predicted molar refractivity (Wildman–Crippen MR) is 83.6 cm³/mol. The fraction of sp³-hybridized carbons (Fsp3) is 0.333. The van der Waals surface area contributed by atoms with Crippen LogP contribution in [0, 0.1) is 3.57 Å². The van der Waals surface area contributed by atoms with Crippen LogP contribution in [0.4, 0.5) is 10.5 Å². The number of carbonyl (C=O) groups is 2. The van der Waals surface area contributed by atoms with Crippen molar-refractivity contribution in [1.29, 1.82) is 0 Å². The molecule has 0 saturated carbocycles. The first kappa shape index (κ1) is 14.4. The van der Waals surface area contributed by atoms with E-state index in [9.17, 15) is 9.59 Å². The molecule has 1 unspecified atom stereocenters. The van der Waals surface area contributed by atoms with Crippen LogP contribution in [-0.2, 0) is 4.79 Å². The van der Waals surface area contributed by atoms with Crippen LogP contribution in [0.5, 0.6) is 0 Å². The number of thioether (sulfide) groups is 1. The first-order valence-corrected chi connectivity index (χ1v) is 7.95. The van der Waals surface area contributed by atoms with Gasteiger partial charge < -0.3 is 15.3 Å². The lowest BCUT2D eigenvalue weighted by Crippen LogP contribution is -2.51. The number of halogens is 1. The molecular formula is C12H13IN2O3S. The van der Waals surface area contributed by atoms with Gasteiger partial charge >= 0.3 is 12.0 Å². The SMILES string of the molecule is O=C(O)C1CSCCN1C(=O)Nc1ccccc1I. The smallest absolute Gasteiger partial charge is 0.327 e. The lowest BCUT2D eigenvalue weighted by molar-refractivity contribution is -0.141. The highest BCUT2D eigenvalue weighted by atomic mass is 127. The summed E-state index contributed by atoms with van der Waals surface area (Å²) in [5, 5.41) is 11.9. The zero-order valence-electron chi connectivity index (χ0n) is 10.0. The Balaban J connectivity index is 2.10. The summed E-state index contributed by atoms with van der Waals surface area (Å²) in [4.78, 5) is 24.7. The van der Waals surface area contributed by atoms with Crippen LogP contribution in [0.2, 0.25) is 0 Å². The molecule has 5 nitrogen and oxygen atoms in total. The maximum absolute atomic E-state index is 12.2. The third-order valence-corrected chi connectivity index (χ3v) is 4.75. The number of rotatable bonds is 2. The van der Waals surface area contributed by atoms with Crippen LogP contribution in [0.15, 0.2) is 24.3 Å². The van der Waals surface area contributed by atoms with E-state index in [2.05, 4.69) is 27.9 Å². The van der Waals surface area contributed by atoms with Crippen LogP contribution >= 0.6 is 34.4 Å². The first-order valence-electron chi connectivity index (χ1n) is 5.72. The van der Waals surface area contributed by atoms with Crippen LogP contribution in [-0.4, -0.2) is 46.1 Å². The number of nitrogens with zero attached hydrogens (tertiary/aromatic N) is 1. The zero-order valence-corrected chi connectivity index (χ0v) is 13.0. The number of amides is 2. The first-order chi connectivity index (χ1) is 9.09. The molecule has 1 atom stereocenters. The van der Waals surface area contributed by atoms with Gasteiger partial charge in [-0.25, -0.2) is 9.59 Å². The molecule has 1 aliphatic rings. The van der Waals surface area contributed by atoms with Gasteiger partial charge in [-0.05, 0) is 34.7 Å². The minimum atomic E-state index is -0.954. The number of urea groups is 1. The molecule has 102 valence electrons. The highest BCUT2D eigenvalue weighted by Crippen LogP contribution is 2.21. The number of para-hydroxylation sites is 1. The maximum Gasteiger partial charge on any atom is 0.327 e. The molecule has 7 heteroatoms. The van der Waals surface area contributed by atoms with Gasteiger partial charge in [-0.2, -0.15) is 11.8 Å². The number of hydrogen-bond acceptors (Lipinski definition) is 3. The number of hydrogen-bond donors (Lipinski definition) is 2.